The molecule has 1 amide bonds. The van der Waals surface area contributed by atoms with E-state index in [0.29, 0.717) is 49.4 Å². The van der Waals surface area contributed by atoms with E-state index in [4.69, 9.17) is 16.3 Å². The van der Waals surface area contributed by atoms with Gasteiger partial charge in [0.2, 0.25) is 5.91 Å². The van der Waals surface area contributed by atoms with Crippen LogP contribution in [-0.2, 0) is 11.3 Å². The van der Waals surface area contributed by atoms with Crippen LogP contribution in [0.25, 0.3) is 22.0 Å². The number of phenolic OH excluding ortho intramolecular Hbond substituents is 1. The molecule has 0 aliphatic carbocycles. The second-order valence-electron chi connectivity index (χ2n) is 9.70. The van der Waals surface area contributed by atoms with Crippen molar-refractivity contribution >= 4 is 34.2 Å². The number of nitrogens with zero attached hydrogens (tertiary/aromatic N) is 4. The van der Waals surface area contributed by atoms with Crippen LogP contribution in [0.1, 0.15) is 12.8 Å². The summed E-state index contributed by atoms with van der Waals surface area (Å²) in [4.78, 5) is 33.2. The Hall–Kier alpha value is -3.59. The fraction of sp³-hybridized carbons (Fsp3) is 0.346. The Kier molecular flexibility index (Phi) is 5.22. The Balaban J connectivity index is 1.43. The molecule has 6 rings (SSSR count). The summed E-state index contributed by atoms with van der Waals surface area (Å²) in [5, 5.41) is 11.3. The minimum absolute atomic E-state index is 0.0485. The van der Waals surface area contributed by atoms with Gasteiger partial charge in [-0.3, -0.25) is 9.36 Å². The van der Waals surface area contributed by atoms with Gasteiger partial charge in [-0.2, -0.15) is 4.98 Å². The molecule has 186 valence electrons. The van der Waals surface area contributed by atoms with Gasteiger partial charge in [-0.25, -0.2) is 9.18 Å². The average molecular weight is 511 g/mol. The van der Waals surface area contributed by atoms with Crippen molar-refractivity contribution < 1.29 is 19.0 Å². The fourth-order valence-electron chi connectivity index (χ4n) is 5.74. The number of aromatic nitrogens is 2. The molecule has 2 fully saturated rings. The summed E-state index contributed by atoms with van der Waals surface area (Å²) in [5.74, 6) is -0.188. The number of ether oxygens (including phenoxy) is 1. The molecular formula is C26H24ClFN4O4. The molecule has 2 saturated heterocycles. The number of anilines is 1. The van der Waals surface area contributed by atoms with E-state index in [1.807, 2.05) is 0 Å². The Bertz CT molecular complexity index is 1470. The fourth-order valence-corrected chi connectivity index (χ4v) is 6.03. The Morgan fingerprint density at radius 1 is 1.22 bits per heavy atom. The van der Waals surface area contributed by atoms with Crippen LogP contribution in [0.5, 0.6) is 11.5 Å². The first kappa shape index (κ1) is 22.8. The van der Waals surface area contributed by atoms with Crippen molar-refractivity contribution in [1.29, 1.82) is 0 Å². The van der Waals surface area contributed by atoms with E-state index in [0.717, 1.165) is 12.8 Å². The zero-order chi connectivity index (χ0) is 25.2. The maximum atomic E-state index is 14.8. The van der Waals surface area contributed by atoms with Gasteiger partial charge in [-0.1, -0.05) is 24.2 Å². The highest BCUT2D eigenvalue weighted by Crippen LogP contribution is 2.49. The van der Waals surface area contributed by atoms with Crippen molar-refractivity contribution in [3.63, 3.8) is 0 Å². The van der Waals surface area contributed by atoms with Gasteiger partial charge in [0.05, 0.1) is 28.2 Å². The number of hydrogen-bond acceptors (Lipinski definition) is 6. The highest BCUT2D eigenvalue weighted by atomic mass is 35.5. The molecule has 0 saturated carbocycles. The third-order valence-electron chi connectivity index (χ3n) is 7.62. The predicted molar refractivity (Wildman–Crippen MR) is 134 cm³/mol. The molecule has 2 aromatic carbocycles. The van der Waals surface area contributed by atoms with Gasteiger partial charge in [0.1, 0.15) is 24.0 Å². The largest absolute Gasteiger partial charge is 0.507 e. The molecule has 1 N–H and O–H groups in total. The third-order valence-corrected chi connectivity index (χ3v) is 7.91. The number of carbonyl (C=O) groups is 1. The molecule has 10 heteroatoms. The lowest BCUT2D eigenvalue weighted by atomic mass is 9.72. The second-order valence-corrected chi connectivity index (χ2v) is 10.1. The van der Waals surface area contributed by atoms with Crippen molar-refractivity contribution in [2.24, 2.45) is 5.41 Å². The SMILES string of the molecule is C=CC(=O)N1CC2(CCN(c3nc(=O)n4c5c(c(-c6c(O)cccc6F)c(Cl)cc35)OCC4)CC2)C1. The summed E-state index contributed by atoms with van der Waals surface area (Å²) in [6.07, 6.45) is 3.06. The van der Waals surface area contributed by atoms with Crippen molar-refractivity contribution in [1.82, 2.24) is 14.5 Å². The van der Waals surface area contributed by atoms with Gasteiger partial charge in [-0.15, -0.1) is 0 Å². The number of carbonyl (C=O) groups excluding carboxylic acids is 1. The van der Waals surface area contributed by atoms with Crippen LogP contribution in [0.2, 0.25) is 5.02 Å². The number of benzene rings is 2. The number of piperidine rings is 1. The maximum Gasteiger partial charge on any atom is 0.350 e. The van der Waals surface area contributed by atoms with Gasteiger partial charge in [0, 0.05) is 37.0 Å². The molecule has 3 aliphatic heterocycles. The molecule has 1 spiro atoms. The lowest BCUT2D eigenvalue weighted by Crippen LogP contribution is -2.61. The highest BCUT2D eigenvalue weighted by Gasteiger charge is 2.46. The van der Waals surface area contributed by atoms with E-state index < -0.39 is 11.5 Å². The van der Waals surface area contributed by atoms with Crippen molar-refractivity contribution in [2.45, 2.75) is 19.4 Å². The normalized spacial score (nSPS) is 18.2. The first-order valence-electron chi connectivity index (χ1n) is 11.9. The molecule has 0 bridgehead atoms. The summed E-state index contributed by atoms with van der Waals surface area (Å²) in [6, 6.07) is 5.70. The van der Waals surface area contributed by atoms with Gasteiger partial charge < -0.3 is 19.6 Å². The Morgan fingerprint density at radius 2 is 1.97 bits per heavy atom. The van der Waals surface area contributed by atoms with Crippen LogP contribution in [-0.4, -0.2) is 58.3 Å². The minimum Gasteiger partial charge on any atom is -0.507 e. The number of aromatic hydroxyl groups is 1. The number of rotatable bonds is 3. The molecular weight excluding hydrogens is 487 g/mol. The van der Waals surface area contributed by atoms with Crippen LogP contribution in [0.15, 0.2) is 41.7 Å². The van der Waals surface area contributed by atoms with Gasteiger partial charge in [-0.05, 0) is 37.1 Å². The average Bonchev–Trinajstić information content (AvgIpc) is 2.85. The van der Waals surface area contributed by atoms with Crippen LogP contribution in [0.3, 0.4) is 0 Å². The number of halogens is 2. The molecule has 0 radical (unpaired) electrons. The van der Waals surface area contributed by atoms with E-state index in [1.54, 1.807) is 11.0 Å². The predicted octanol–water partition coefficient (Wildman–Crippen LogP) is 3.57. The molecule has 4 heterocycles. The smallest absolute Gasteiger partial charge is 0.350 e. The molecule has 1 aromatic heterocycles. The quantitative estimate of drug-likeness (QED) is 0.542. The second kappa shape index (κ2) is 8.23. The van der Waals surface area contributed by atoms with E-state index >= 15 is 0 Å². The molecule has 3 aromatic rings. The van der Waals surface area contributed by atoms with Crippen LogP contribution in [0, 0.1) is 11.2 Å². The van der Waals surface area contributed by atoms with Gasteiger partial charge >= 0.3 is 5.69 Å². The van der Waals surface area contributed by atoms with E-state index in [9.17, 15) is 19.1 Å². The summed E-state index contributed by atoms with van der Waals surface area (Å²) < 4.78 is 22.3. The highest BCUT2D eigenvalue weighted by molar-refractivity contribution is 6.35. The molecule has 3 aliphatic rings. The summed E-state index contributed by atoms with van der Waals surface area (Å²) in [6.45, 7) is 6.82. The first-order chi connectivity index (χ1) is 17.3. The summed E-state index contributed by atoms with van der Waals surface area (Å²) >= 11 is 6.69. The standard InChI is InChI=1S/C26H24ClFN4O4/c1-2-19(34)31-13-26(14-31)6-8-30(9-7-26)24-15-12-16(27)20(21-17(28)4-3-5-18(21)33)23-22(15)32(10-11-36-23)25(35)29-24/h2-5,12,33H,1,6-11,13-14H2. The minimum atomic E-state index is -0.643. The van der Waals surface area contributed by atoms with Gasteiger partial charge in [0.15, 0.2) is 5.75 Å². The lowest BCUT2D eigenvalue weighted by molar-refractivity contribution is -0.139. The maximum absolute atomic E-state index is 14.8. The third kappa shape index (κ3) is 3.37. The Labute approximate surface area is 211 Å². The molecule has 0 atom stereocenters. The Morgan fingerprint density at radius 3 is 2.67 bits per heavy atom. The summed E-state index contributed by atoms with van der Waals surface area (Å²) in [5.41, 5.74) is 0.295. The summed E-state index contributed by atoms with van der Waals surface area (Å²) in [7, 11) is 0. The van der Waals surface area contributed by atoms with Crippen molar-refractivity contribution in [3.8, 4) is 22.6 Å². The zero-order valence-corrected chi connectivity index (χ0v) is 20.2. The molecule has 36 heavy (non-hydrogen) atoms. The monoisotopic (exact) mass is 510 g/mol. The van der Waals surface area contributed by atoms with Crippen LogP contribution >= 0.6 is 11.6 Å². The van der Waals surface area contributed by atoms with E-state index in [1.165, 1.54) is 28.8 Å². The first-order valence-corrected chi connectivity index (χ1v) is 12.2. The van der Waals surface area contributed by atoms with E-state index in [-0.39, 0.29) is 45.6 Å². The van der Waals surface area contributed by atoms with E-state index in [2.05, 4.69) is 16.5 Å². The number of phenols is 1. The van der Waals surface area contributed by atoms with Crippen molar-refractivity contribution in [3.05, 3.63) is 58.2 Å². The van der Waals surface area contributed by atoms with Crippen LogP contribution < -0.4 is 15.3 Å². The topological polar surface area (TPSA) is 87.9 Å². The zero-order valence-electron chi connectivity index (χ0n) is 19.5. The molecule has 8 nitrogen and oxygen atoms in total. The van der Waals surface area contributed by atoms with Crippen LogP contribution in [0.4, 0.5) is 10.2 Å². The number of hydrogen-bond donors (Lipinski definition) is 1. The lowest BCUT2D eigenvalue weighted by Gasteiger charge is -2.54. The molecule has 0 unspecified atom stereocenters. The number of likely N-dealkylation sites (tertiary alicyclic amines) is 1. The van der Waals surface area contributed by atoms with Gasteiger partial charge in [0.25, 0.3) is 0 Å². The number of amides is 1. The van der Waals surface area contributed by atoms with Crippen molar-refractivity contribution in [2.75, 3.05) is 37.7 Å².